The molecule has 3 aliphatic rings. The minimum Gasteiger partial charge on any atom is -0.477 e. The highest BCUT2D eigenvalue weighted by Crippen LogP contribution is 2.41. The molecule has 208 valence electrons. The van der Waals surface area contributed by atoms with Crippen molar-refractivity contribution in [3.8, 4) is 0 Å². The number of anilines is 1. The number of β-lactam (4-membered cyclic amide) rings is 1. The monoisotopic (exact) mass is 595 g/mol. The second-order valence-electron chi connectivity index (χ2n) is 8.84. The van der Waals surface area contributed by atoms with Crippen LogP contribution in [0.3, 0.4) is 0 Å². The molecule has 2 aromatic heterocycles. The summed E-state index contributed by atoms with van der Waals surface area (Å²) in [5.74, 6) is -1.89. The number of amides is 2. The first-order chi connectivity index (χ1) is 18.9. The number of aromatic nitrogens is 5. The first-order valence-corrected chi connectivity index (χ1v) is 14.9. The predicted molar refractivity (Wildman–Crippen MR) is 142 cm³/mol. The molecular formula is C21H25N9O6S3. The molecule has 0 bridgehead atoms. The summed E-state index contributed by atoms with van der Waals surface area (Å²) in [5.41, 5.74) is 6.30. The van der Waals surface area contributed by atoms with Crippen LogP contribution in [0.15, 0.2) is 27.0 Å². The number of aliphatic carboxylic acids is 1. The second-order valence-corrected chi connectivity index (χ2v) is 11.8. The van der Waals surface area contributed by atoms with E-state index in [0.717, 1.165) is 37.0 Å². The molecule has 5 N–H and O–H groups in total. The Bertz CT molecular complexity index is 1320. The predicted octanol–water partition coefficient (Wildman–Crippen LogP) is -0.102. The van der Waals surface area contributed by atoms with Crippen molar-refractivity contribution in [2.45, 2.75) is 54.9 Å². The van der Waals surface area contributed by atoms with E-state index in [0.29, 0.717) is 16.5 Å². The molecule has 1 unspecified atom stereocenters. The summed E-state index contributed by atoms with van der Waals surface area (Å²) in [6.07, 6.45) is 3.64. The lowest BCUT2D eigenvalue weighted by atomic mass is 10.0. The Hall–Kier alpha value is -3.22. The van der Waals surface area contributed by atoms with Crippen LogP contribution in [0.25, 0.3) is 0 Å². The van der Waals surface area contributed by atoms with Crippen LogP contribution in [-0.2, 0) is 25.8 Å². The van der Waals surface area contributed by atoms with E-state index < -0.39 is 29.2 Å². The number of rotatable bonds is 11. The Labute approximate surface area is 234 Å². The van der Waals surface area contributed by atoms with E-state index in [1.165, 1.54) is 33.1 Å². The molecule has 2 atom stereocenters. The topological polar surface area (TPSA) is 211 Å². The van der Waals surface area contributed by atoms with E-state index in [9.17, 15) is 19.5 Å². The number of nitrogens with two attached hydrogens (primary N) is 1. The van der Waals surface area contributed by atoms with Gasteiger partial charge in [0, 0.05) is 16.9 Å². The van der Waals surface area contributed by atoms with E-state index >= 15 is 0 Å². The summed E-state index contributed by atoms with van der Waals surface area (Å²) in [5, 5.41) is 38.8. The van der Waals surface area contributed by atoms with Gasteiger partial charge in [-0.05, 0) is 41.7 Å². The Morgan fingerprint density at radius 1 is 1.33 bits per heavy atom. The van der Waals surface area contributed by atoms with Crippen molar-refractivity contribution in [1.29, 1.82) is 0 Å². The lowest BCUT2D eigenvalue weighted by Crippen LogP contribution is -2.71. The van der Waals surface area contributed by atoms with Crippen molar-refractivity contribution >= 4 is 63.5 Å². The molecule has 15 nitrogen and oxygen atoms in total. The molecule has 2 fully saturated rings. The normalized spacial score (nSPS) is 21.6. The highest BCUT2D eigenvalue weighted by atomic mass is 32.2. The van der Waals surface area contributed by atoms with Crippen LogP contribution in [0.4, 0.5) is 5.13 Å². The zero-order valence-electron chi connectivity index (χ0n) is 20.4. The highest BCUT2D eigenvalue weighted by Gasteiger charge is 2.54. The third kappa shape index (κ3) is 5.73. The zero-order valence-corrected chi connectivity index (χ0v) is 22.9. The first-order valence-electron chi connectivity index (χ1n) is 12.0. The maximum Gasteiger partial charge on any atom is 0.352 e. The Balaban J connectivity index is 1.29. The molecule has 1 saturated carbocycles. The number of hydrogen-bond donors (Lipinski definition) is 4. The lowest BCUT2D eigenvalue weighted by molar-refractivity contribution is -0.150. The van der Waals surface area contributed by atoms with Gasteiger partial charge in [-0.2, -0.15) is 0 Å². The fourth-order valence-corrected chi connectivity index (χ4v) is 7.35. The molecule has 2 aromatic rings. The quantitative estimate of drug-likeness (QED) is 0.116. The number of nitrogens with zero attached hydrogens (tertiary/aromatic N) is 7. The molecule has 1 aliphatic carbocycles. The molecule has 39 heavy (non-hydrogen) atoms. The number of carbonyl (C=O) groups is 3. The zero-order chi connectivity index (χ0) is 27.5. The molecule has 1 saturated heterocycles. The number of aliphatic hydroxyl groups excluding tert-OH is 1. The Kier molecular flexibility index (Phi) is 8.34. The summed E-state index contributed by atoms with van der Waals surface area (Å²) >= 11 is 3.70. The van der Waals surface area contributed by atoms with Crippen molar-refractivity contribution in [2.75, 3.05) is 23.8 Å². The van der Waals surface area contributed by atoms with Crippen molar-refractivity contribution in [1.82, 2.24) is 35.4 Å². The summed E-state index contributed by atoms with van der Waals surface area (Å²) in [7, 11) is 0. The number of tetrazole rings is 1. The molecule has 4 heterocycles. The molecule has 0 aromatic carbocycles. The van der Waals surface area contributed by atoms with Gasteiger partial charge in [0.25, 0.3) is 11.8 Å². The van der Waals surface area contributed by atoms with Gasteiger partial charge < -0.3 is 26.1 Å². The lowest BCUT2D eigenvalue weighted by Gasteiger charge is -2.49. The van der Waals surface area contributed by atoms with Gasteiger partial charge in [-0.1, -0.05) is 16.9 Å². The fourth-order valence-electron chi connectivity index (χ4n) is 4.41. The third-order valence-electron chi connectivity index (χ3n) is 6.30. The van der Waals surface area contributed by atoms with Crippen LogP contribution < -0.4 is 11.1 Å². The standard InChI is InChI=1S/C21H25N9O6S3/c22-20-23-12(9-38-20)13(26-36-11-3-1-2-4-11)16(32)24-14-17(33)30-15(19(34)35)10(7-37-18(14)30)8-39-21-25-27-28-29(21)5-6-31/h9,11,14,18,31H,1-8H2,(H2,22,23)(H,24,32)(H,34,35)/b26-13+/t14?,18-/m1/s1. The van der Waals surface area contributed by atoms with E-state index in [1.807, 2.05) is 0 Å². The number of nitrogen functional groups attached to an aromatic ring is 1. The number of hydrogen-bond acceptors (Lipinski definition) is 14. The molecular weight excluding hydrogens is 570 g/mol. The maximum absolute atomic E-state index is 13.2. The SMILES string of the molecule is Nc1nc(/C(=N\OC2CCCC2)C(=O)NC2C(=O)N3C(C(=O)O)=C(CSc4nnnn4CCO)CS[C@H]23)cs1. The van der Waals surface area contributed by atoms with Gasteiger partial charge in [0.15, 0.2) is 10.8 Å². The van der Waals surface area contributed by atoms with Gasteiger partial charge in [-0.3, -0.25) is 14.5 Å². The van der Waals surface area contributed by atoms with Gasteiger partial charge in [0.1, 0.15) is 28.9 Å². The number of fused-ring (bicyclic) bond motifs is 1. The molecule has 0 spiro atoms. The van der Waals surface area contributed by atoms with E-state index in [1.54, 1.807) is 5.38 Å². The number of carboxylic acids is 1. The van der Waals surface area contributed by atoms with Gasteiger partial charge >= 0.3 is 5.97 Å². The van der Waals surface area contributed by atoms with Crippen LogP contribution in [-0.4, -0.2) is 99.4 Å². The molecule has 2 amide bonds. The summed E-state index contributed by atoms with van der Waals surface area (Å²) in [6, 6.07) is -0.949. The smallest absolute Gasteiger partial charge is 0.352 e. The molecule has 5 rings (SSSR count). The number of thioether (sulfide) groups is 2. The van der Waals surface area contributed by atoms with Crippen molar-refractivity contribution in [3.05, 3.63) is 22.3 Å². The van der Waals surface area contributed by atoms with E-state index in [2.05, 4.69) is 31.0 Å². The maximum atomic E-state index is 13.2. The van der Waals surface area contributed by atoms with Crippen molar-refractivity contribution in [3.63, 3.8) is 0 Å². The van der Waals surface area contributed by atoms with Crippen LogP contribution in [0.2, 0.25) is 0 Å². The van der Waals surface area contributed by atoms with Gasteiger partial charge in [-0.25, -0.2) is 14.5 Å². The minimum absolute atomic E-state index is 0.0893. The number of aliphatic hydroxyl groups is 1. The van der Waals surface area contributed by atoms with Gasteiger partial charge in [0.2, 0.25) is 5.16 Å². The number of carboxylic acid groups (broad SMARTS) is 1. The molecule has 0 radical (unpaired) electrons. The third-order valence-corrected chi connectivity index (χ3v) is 9.35. The minimum atomic E-state index is -1.24. The van der Waals surface area contributed by atoms with Crippen LogP contribution in [0.1, 0.15) is 31.4 Å². The molecule has 18 heteroatoms. The van der Waals surface area contributed by atoms with Crippen LogP contribution in [0.5, 0.6) is 0 Å². The highest BCUT2D eigenvalue weighted by molar-refractivity contribution is 8.01. The fraction of sp³-hybridized carbons (Fsp3) is 0.524. The first kappa shape index (κ1) is 27.4. The Morgan fingerprint density at radius 3 is 2.82 bits per heavy atom. The van der Waals surface area contributed by atoms with Gasteiger partial charge in [-0.15, -0.1) is 28.2 Å². The van der Waals surface area contributed by atoms with Crippen LogP contribution in [0, 0.1) is 0 Å². The number of thiazole rings is 1. The van der Waals surface area contributed by atoms with Crippen molar-refractivity contribution in [2.24, 2.45) is 5.16 Å². The van der Waals surface area contributed by atoms with E-state index in [4.69, 9.17) is 15.7 Å². The largest absolute Gasteiger partial charge is 0.477 e. The Morgan fingerprint density at radius 2 is 2.13 bits per heavy atom. The number of carbonyl (C=O) groups excluding carboxylic acids is 2. The van der Waals surface area contributed by atoms with Crippen molar-refractivity contribution < 1.29 is 29.4 Å². The van der Waals surface area contributed by atoms with Crippen LogP contribution >= 0.6 is 34.9 Å². The summed E-state index contributed by atoms with van der Waals surface area (Å²) in [4.78, 5) is 49.5. The average molecular weight is 596 g/mol. The number of oxime groups is 1. The molecule has 2 aliphatic heterocycles. The number of nitrogens with one attached hydrogen (secondary N) is 1. The summed E-state index contributed by atoms with van der Waals surface area (Å²) in [6.45, 7) is 0.0526. The average Bonchev–Trinajstić information content (AvgIpc) is 3.69. The van der Waals surface area contributed by atoms with E-state index in [-0.39, 0.29) is 47.2 Å². The summed E-state index contributed by atoms with van der Waals surface area (Å²) < 4.78 is 1.41. The second kappa shape index (κ2) is 11.9. The van der Waals surface area contributed by atoms with Gasteiger partial charge in [0.05, 0.1) is 13.2 Å².